The third-order valence-corrected chi connectivity index (χ3v) is 6.91. The molecule has 0 N–H and O–H groups in total. The quantitative estimate of drug-likeness (QED) is 0.826. The van der Waals surface area contributed by atoms with Crippen molar-refractivity contribution in [2.75, 3.05) is 26.0 Å². The van der Waals surface area contributed by atoms with Gasteiger partial charge >= 0.3 is 0 Å². The normalized spacial score (nSPS) is 19.6. The number of hydrogen-bond acceptors (Lipinski definition) is 4. The fourth-order valence-electron chi connectivity index (χ4n) is 3.27. The van der Waals surface area contributed by atoms with Crippen molar-refractivity contribution in [2.24, 2.45) is 0 Å². The Morgan fingerprint density at radius 3 is 2.42 bits per heavy atom. The first-order valence-corrected chi connectivity index (χ1v) is 10.4. The minimum absolute atomic E-state index is 0.000906. The van der Waals surface area contributed by atoms with Gasteiger partial charge in [0, 0.05) is 13.1 Å². The number of nitrogens with zero attached hydrogens (tertiary/aromatic N) is 1. The van der Waals surface area contributed by atoms with E-state index < -0.39 is 15.1 Å². The number of methoxy groups -OCH3 is 1. The van der Waals surface area contributed by atoms with Crippen molar-refractivity contribution in [2.45, 2.75) is 18.1 Å². The van der Waals surface area contributed by atoms with Crippen LogP contribution in [0.15, 0.2) is 54.6 Å². The van der Waals surface area contributed by atoms with E-state index in [2.05, 4.69) is 0 Å². The van der Waals surface area contributed by atoms with E-state index in [1.54, 1.807) is 12.0 Å². The number of amides is 1. The number of rotatable bonds is 4. The van der Waals surface area contributed by atoms with E-state index in [1.165, 1.54) is 0 Å². The summed E-state index contributed by atoms with van der Waals surface area (Å²) in [5.74, 6) is 0.702. The summed E-state index contributed by atoms with van der Waals surface area (Å²) in [5, 5.41) is -0.539. The van der Waals surface area contributed by atoms with Crippen LogP contribution >= 0.6 is 0 Å². The molecule has 6 heteroatoms. The van der Waals surface area contributed by atoms with Crippen LogP contribution in [-0.2, 0) is 21.1 Å². The summed E-state index contributed by atoms with van der Waals surface area (Å²) in [7, 11) is -1.67. The molecule has 0 saturated carbocycles. The minimum atomic E-state index is -3.27. The van der Waals surface area contributed by atoms with Crippen molar-refractivity contribution in [1.29, 1.82) is 0 Å². The van der Waals surface area contributed by atoms with Gasteiger partial charge in [-0.05, 0) is 29.7 Å². The first-order chi connectivity index (χ1) is 12.5. The van der Waals surface area contributed by atoms with E-state index in [0.717, 1.165) is 16.9 Å². The van der Waals surface area contributed by atoms with Gasteiger partial charge in [0.2, 0.25) is 5.91 Å². The lowest BCUT2D eigenvalue weighted by Crippen LogP contribution is -2.34. The Morgan fingerprint density at radius 2 is 1.77 bits per heavy atom. The maximum atomic E-state index is 12.6. The molecular weight excluding hydrogens is 350 g/mol. The van der Waals surface area contributed by atoms with Crippen molar-refractivity contribution < 1.29 is 17.9 Å². The highest BCUT2D eigenvalue weighted by atomic mass is 32.2. The summed E-state index contributed by atoms with van der Waals surface area (Å²) in [4.78, 5) is 14.3. The maximum Gasteiger partial charge on any atom is 0.227 e. The van der Waals surface area contributed by atoms with Crippen LogP contribution in [0.25, 0.3) is 0 Å². The predicted molar refractivity (Wildman–Crippen MR) is 101 cm³/mol. The molecule has 1 fully saturated rings. The van der Waals surface area contributed by atoms with Crippen LogP contribution in [0.2, 0.25) is 0 Å². The van der Waals surface area contributed by atoms with Gasteiger partial charge in [-0.2, -0.15) is 0 Å². The topological polar surface area (TPSA) is 63.7 Å². The minimum Gasteiger partial charge on any atom is -0.497 e. The van der Waals surface area contributed by atoms with Gasteiger partial charge in [-0.15, -0.1) is 0 Å². The third kappa shape index (κ3) is 4.25. The molecular formula is C20H23NO4S. The van der Waals surface area contributed by atoms with Crippen LogP contribution in [0.5, 0.6) is 5.75 Å². The lowest BCUT2D eigenvalue weighted by Gasteiger charge is -2.20. The van der Waals surface area contributed by atoms with Crippen LogP contribution in [0.3, 0.4) is 0 Å². The largest absolute Gasteiger partial charge is 0.497 e. The second-order valence-corrected chi connectivity index (χ2v) is 8.76. The zero-order chi connectivity index (χ0) is 18.6. The Morgan fingerprint density at radius 1 is 1.08 bits per heavy atom. The fourth-order valence-corrected chi connectivity index (χ4v) is 5.06. The maximum absolute atomic E-state index is 12.6. The summed E-state index contributed by atoms with van der Waals surface area (Å²) in [6.45, 7) is 0.703. The van der Waals surface area contributed by atoms with Crippen LogP contribution in [0.4, 0.5) is 0 Å². The molecule has 0 bridgehead atoms. The van der Waals surface area contributed by atoms with Gasteiger partial charge in [0.15, 0.2) is 9.84 Å². The lowest BCUT2D eigenvalue weighted by atomic mass is 10.1. The summed E-state index contributed by atoms with van der Waals surface area (Å²) in [6, 6.07) is 16.6. The fraction of sp³-hybridized carbons (Fsp3) is 0.350. The predicted octanol–water partition coefficient (Wildman–Crippen LogP) is 2.63. The van der Waals surface area contributed by atoms with E-state index >= 15 is 0 Å². The zero-order valence-corrected chi connectivity index (χ0v) is 15.6. The van der Waals surface area contributed by atoms with Gasteiger partial charge in [-0.25, -0.2) is 8.42 Å². The summed E-state index contributed by atoms with van der Waals surface area (Å²) in [5.41, 5.74) is 1.69. The molecule has 1 saturated heterocycles. The van der Waals surface area contributed by atoms with Gasteiger partial charge in [-0.3, -0.25) is 4.79 Å². The molecule has 1 atom stereocenters. The van der Waals surface area contributed by atoms with Crippen LogP contribution in [0, 0.1) is 0 Å². The molecule has 5 nitrogen and oxygen atoms in total. The number of sulfone groups is 1. The van der Waals surface area contributed by atoms with Gasteiger partial charge in [0.05, 0.1) is 24.5 Å². The molecule has 0 radical (unpaired) electrons. The van der Waals surface area contributed by atoms with Crippen LogP contribution in [0.1, 0.15) is 22.8 Å². The van der Waals surface area contributed by atoms with Gasteiger partial charge < -0.3 is 9.64 Å². The van der Waals surface area contributed by atoms with Gasteiger partial charge in [-0.1, -0.05) is 42.5 Å². The second-order valence-electron chi connectivity index (χ2n) is 6.46. The first kappa shape index (κ1) is 18.5. The van der Waals surface area contributed by atoms with E-state index in [4.69, 9.17) is 4.74 Å². The number of carbonyl (C=O) groups is 1. The standard InChI is InChI=1S/C20H23NO4S/c1-25-18-9-7-16(8-10-18)15-20(22)21-12-11-19(26(23,24)14-13-21)17-5-3-2-4-6-17/h2-10,19H,11-15H2,1H3. The smallest absolute Gasteiger partial charge is 0.227 e. The highest BCUT2D eigenvalue weighted by Gasteiger charge is 2.32. The summed E-state index contributed by atoms with van der Waals surface area (Å²) >= 11 is 0. The molecule has 26 heavy (non-hydrogen) atoms. The Balaban J connectivity index is 1.69. The molecule has 1 heterocycles. The highest BCUT2D eigenvalue weighted by Crippen LogP contribution is 2.29. The first-order valence-electron chi connectivity index (χ1n) is 8.67. The molecule has 3 rings (SSSR count). The number of benzene rings is 2. The Kier molecular flexibility index (Phi) is 5.61. The summed E-state index contributed by atoms with van der Waals surface area (Å²) < 4.78 is 30.4. The van der Waals surface area contributed by atoms with E-state index in [1.807, 2.05) is 54.6 Å². The Hall–Kier alpha value is -2.34. The van der Waals surface area contributed by atoms with Crippen LogP contribution in [-0.4, -0.2) is 45.2 Å². The molecule has 138 valence electrons. The Labute approximate surface area is 154 Å². The van der Waals surface area contributed by atoms with E-state index in [0.29, 0.717) is 13.0 Å². The second kappa shape index (κ2) is 7.91. The zero-order valence-electron chi connectivity index (χ0n) is 14.8. The van der Waals surface area contributed by atoms with Crippen molar-refractivity contribution in [3.8, 4) is 5.75 Å². The molecule has 0 aromatic heterocycles. The lowest BCUT2D eigenvalue weighted by molar-refractivity contribution is -0.130. The van der Waals surface area contributed by atoms with Crippen LogP contribution < -0.4 is 4.74 Å². The van der Waals surface area contributed by atoms with Crippen molar-refractivity contribution in [3.63, 3.8) is 0 Å². The molecule has 1 aliphatic heterocycles. The van der Waals surface area contributed by atoms with Gasteiger partial charge in [0.1, 0.15) is 5.75 Å². The molecule has 0 aliphatic carbocycles. The molecule has 1 aliphatic rings. The summed E-state index contributed by atoms with van der Waals surface area (Å²) in [6.07, 6.45) is 0.695. The SMILES string of the molecule is COc1ccc(CC(=O)N2CCC(c3ccccc3)S(=O)(=O)CC2)cc1. The van der Waals surface area contributed by atoms with Crippen molar-refractivity contribution in [1.82, 2.24) is 4.90 Å². The molecule has 2 aromatic rings. The third-order valence-electron chi connectivity index (χ3n) is 4.78. The Bertz CT molecular complexity index is 847. The molecule has 1 unspecified atom stereocenters. The molecule has 1 amide bonds. The van der Waals surface area contributed by atoms with E-state index in [9.17, 15) is 13.2 Å². The number of carbonyl (C=O) groups excluding carboxylic acids is 1. The highest BCUT2D eigenvalue weighted by molar-refractivity contribution is 7.91. The number of hydrogen-bond donors (Lipinski definition) is 0. The monoisotopic (exact) mass is 373 g/mol. The molecule has 0 spiro atoms. The van der Waals surface area contributed by atoms with E-state index in [-0.39, 0.29) is 24.6 Å². The van der Waals surface area contributed by atoms with Gasteiger partial charge in [0.25, 0.3) is 0 Å². The van der Waals surface area contributed by atoms with Crippen molar-refractivity contribution in [3.05, 3.63) is 65.7 Å². The molecule has 2 aromatic carbocycles. The number of ether oxygens (including phenoxy) is 1. The average molecular weight is 373 g/mol. The van der Waals surface area contributed by atoms with Crippen molar-refractivity contribution >= 4 is 15.7 Å². The average Bonchev–Trinajstić information content (AvgIpc) is 2.81.